The molecule has 3 N–H and O–H groups in total. The molecule has 4 rings (SSSR count). The maximum atomic E-state index is 5.49. The van der Waals surface area contributed by atoms with Gasteiger partial charge in [-0.25, -0.2) is 0 Å². The number of benzene rings is 2. The van der Waals surface area contributed by atoms with Gasteiger partial charge in [0.05, 0.1) is 21.3 Å². The molecular formula is C28H39N7O3. The topological polar surface area (TPSA) is 106 Å². The molecule has 38 heavy (non-hydrogen) atoms. The summed E-state index contributed by atoms with van der Waals surface area (Å²) in [6.07, 6.45) is 5.99. The van der Waals surface area contributed by atoms with E-state index in [-0.39, 0.29) is 0 Å². The summed E-state index contributed by atoms with van der Waals surface area (Å²) in [5, 5.41) is 10.2. The fraction of sp³-hybridized carbons (Fsp3) is 0.464. The molecule has 204 valence electrons. The summed E-state index contributed by atoms with van der Waals surface area (Å²) >= 11 is 0. The number of ether oxygens (including phenoxy) is 3. The van der Waals surface area contributed by atoms with Gasteiger partial charge in [0.2, 0.25) is 23.6 Å². The minimum atomic E-state index is 0.375. The first-order chi connectivity index (χ1) is 18.5. The average Bonchev–Trinajstić information content (AvgIpc) is 2.95. The second-order valence-corrected chi connectivity index (χ2v) is 9.59. The zero-order valence-electron chi connectivity index (χ0n) is 23.0. The lowest BCUT2D eigenvalue weighted by Crippen LogP contribution is -2.24. The Labute approximate surface area is 225 Å². The quantitative estimate of drug-likeness (QED) is 0.304. The maximum absolute atomic E-state index is 5.49. The summed E-state index contributed by atoms with van der Waals surface area (Å²) in [5.41, 5.74) is 3.24. The summed E-state index contributed by atoms with van der Waals surface area (Å²) in [5.74, 6) is 3.33. The molecule has 0 unspecified atom stereocenters. The molecule has 10 nitrogen and oxygen atoms in total. The number of anilines is 4. The van der Waals surface area contributed by atoms with Gasteiger partial charge in [-0.05, 0) is 48.2 Å². The Morgan fingerprint density at radius 3 is 1.82 bits per heavy atom. The number of rotatable bonds is 12. The van der Waals surface area contributed by atoms with Crippen LogP contribution in [-0.2, 0) is 13.1 Å². The third-order valence-electron chi connectivity index (χ3n) is 6.65. The van der Waals surface area contributed by atoms with Crippen LogP contribution in [0, 0.1) is 0 Å². The van der Waals surface area contributed by atoms with Crippen molar-refractivity contribution in [1.29, 1.82) is 0 Å². The van der Waals surface area contributed by atoms with E-state index in [0.717, 1.165) is 29.7 Å². The number of aromatic nitrogens is 3. The summed E-state index contributed by atoms with van der Waals surface area (Å²) < 4.78 is 16.4. The van der Waals surface area contributed by atoms with Crippen LogP contribution in [0.15, 0.2) is 36.4 Å². The van der Waals surface area contributed by atoms with E-state index in [1.165, 1.54) is 19.3 Å². The Morgan fingerprint density at radius 1 is 0.737 bits per heavy atom. The molecule has 1 aliphatic carbocycles. The fourth-order valence-electron chi connectivity index (χ4n) is 4.54. The molecule has 0 radical (unpaired) electrons. The van der Waals surface area contributed by atoms with Gasteiger partial charge in [0.25, 0.3) is 0 Å². The molecule has 0 bridgehead atoms. The monoisotopic (exact) mass is 521 g/mol. The molecule has 0 aliphatic heterocycles. The van der Waals surface area contributed by atoms with Gasteiger partial charge in [-0.1, -0.05) is 31.4 Å². The molecule has 0 atom stereocenters. The predicted octanol–water partition coefficient (Wildman–Crippen LogP) is 4.93. The van der Waals surface area contributed by atoms with Gasteiger partial charge >= 0.3 is 0 Å². The molecule has 1 aromatic heterocycles. The van der Waals surface area contributed by atoms with Crippen molar-refractivity contribution >= 4 is 23.5 Å². The Kier molecular flexibility index (Phi) is 9.29. The van der Waals surface area contributed by atoms with Crippen LogP contribution >= 0.6 is 0 Å². The minimum Gasteiger partial charge on any atom is -0.493 e. The smallest absolute Gasteiger partial charge is 0.229 e. The average molecular weight is 522 g/mol. The van der Waals surface area contributed by atoms with Crippen LogP contribution in [0.1, 0.15) is 43.2 Å². The van der Waals surface area contributed by atoms with Gasteiger partial charge in [-0.15, -0.1) is 0 Å². The number of methoxy groups -OCH3 is 3. The molecule has 0 spiro atoms. The SMILES string of the molecule is COc1cc(CNc2nc(NCc3ccc(N(C)C)cc3)nc(NC3CCCCC3)n2)cc(OC)c1OC. The van der Waals surface area contributed by atoms with Gasteiger partial charge < -0.3 is 35.1 Å². The zero-order valence-corrected chi connectivity index (χ0v) is 23.0. The van der Waals surface area contributed by atoms with E-state index in [1.807, 2.05) is 26.2 Å². The Bertz CT molecular complexity index is 1160. The standard InChI is InChI=1S/C28H39N7O3/c1-35(2)22-13-11-19(12-14-22)17-29-26-32-27(34-28(33-26)31-21-9-7-6-8-10-21)30-18-20-15-23(36-3)25(38-5)24(16-20)37-4/h11-16,21H,6-10,17-18H2,1-5H3,(H3,29,30,31,32,33,34). The normalized spacial score (nSPS) is 13.5. The highest BCUT2D eigenvalue weighted by molar-refractivity contribution is 5.54. The highest BCUT2D eigenvalue weighted by Gasteiger charge is 2.17. The van der Waals surface area contributed by atoms with Crippen molar-refractivity contribution in [3.05, 3.63) is 47.5 Å². The molecule has 0 saturated heterocycles. The minimum absolute atomic E-state index is 0.375. The van der Waals surface area contributed by atoms with E-state index in [4.69, 9.17) is 14.2 Å². The number of nitrogens with one attached hydrogen (secondary N) is 3. The van der Waals surface area contributed by atoms with Crippen molar-refractivity contribution in [1.82, 2.24) is 15.0 Å². The van der Waals surface area contributed by atoms with Crippen LogP contribution in [0.4, 0.5) is 23.5 Å². The first kappa shape index (κ1) is 27.1. The molecule has 1 fully saturated rings. The molecule has 3 aromatic rings. The van der Waals surface area contributed by atoms with E-state index in [1.54, 1.807) is 21.3 Å². The van der Waals surface area contributed by atoms with Gasteiger partial charge in [-0.3, -0.25) is 0 Å². The second kappa shape index (κ2) is 13.0. The highest BCUT2D eigenvalue weighted by Crippen LogP contribution is 2.38. The Balaban J connectivity index is 1.51. The molecule has 10 heteroatoms. The molecule has 0 amide bonds. The number of nitrogens with zero attached hydrogens (tertiary/aromatic N) is 4. The first-order valence-electron chi connectivity index (χ1n) is 13.0. The molecule has 1 saturated carbocycles. The van der Waals surface area contributed by atoms with Crippen molar-refractivity contribution in [2.75, 3.05) is 56.3 Å². The van der Waals surface area contributed by atoms with Crippen LogP contribution in [0.5, 0.6) is 17.2 Å². The predicted molar refractivity (Wildman–Crippen MR) is 152 cm³/mol. The van der Waals surface area contributed by atoms with E-state index >= 15 is 0 Å². The van der Waals surface area contributed by atoms with Gasteiger partial charge in [0.15, 0.2) is 11.5 Å². The van der Waals surface area contributed by atoms with E-state index < -0.39 is 0 Å². The van der Waals surface area contributed by atoms with Crippen LogP contribution in [0.2, 0.25) is 0 Å². The summed E-state index contributed by atoms with van der Waals surface area (Å²) in [6.45, 7) is 1.07. The molecule has 1 aliphatic rings. The van der Waals surface area contributed by atoms with Crippen molar-refractivity contribution < 1.29 is 14.2 Å². The van der Waals surface area contributed by atoms with Gasteiger partial charge in [0, 0.05) is 38.9 Å². The summed E-state index contributed by atoms with van der Waals surface area (Å²) in [4.78, 5) is 16.1. The Hall–Kier alpha value is -3.95. The lowest BCUT2D eigenvalue weighted by Gasteiger charge is -2.23. The van der Waals surface area contributed by atoms with E-state index in [9.17, 15) is 0 Å². The summed E-state index contributed by atoms with van der Waals surface area (Å²) in [7, 11) is 8.87. The lowest BCUT2D eigenvalue weighted by atomic mass is 9.96. The maximum Gasteiger partial charge on any atom is 0.229 e. The Morgan fingerprint density at radius 2 is 1.29 bits per heavy atom. The largest absolute Gasteiger partial charge is 0.493 e. The van der Waals surface area contributed by atoms with Crippen LogP contribution in [0.25, 0.3) is 0 Å². The van der Waals surface area contributed by atoms with Crippen LogP contribution < -0.4 is 35.1 Å². The van der Waals surface area contributed by atoms with Gasteiger partial charge in [-0.2, -0.15) is 15.0 Å². The van der Waals surface area contributed by atoms with Crippen LogP contribution in [-0.4, -0.2) is 56.4 Å². The third kappa shape index (κ3) is 7.08. The molecular weight excluding hydrogens is 482 g/mol. The van der Waals surface area contributed by atoms with Crippen molar-refractivity contribution in [2.24, 2.45) is 0 Å². The highest BCUT2D eigenvalue weighted by atomic mass is 16.5. The van der Waals surface area contributed by atoms with Crippen molar-refractivity contribution in [3.63, 3.8) is 0 Å². The lowest BCUT2D eigenvalue weighted by molar-refractivity contribution is 0.324. The van der Waals surface area contributed by atoms with Crippen LogP contribution in [0.3, 0.4) is 0 Å². The van der Waals surface area contributed by atoms with E-state index in [0.29, 0.717) is 54.2 Å². The number of hydrogen-bond acceptors (Lipinski definition) is 10. The fourth-order valence-corrected chi connectivity index (χ4v) is 4.54. The van der Waals surface area contributed by atoms with Gasteiger partial charge in [0.1, 0.15) is 0 Å². The first-order valence-corrected chi connectivity index (χ1v) is 13.0. The molecule has 2 aromatic carbocycles. The third-order valence-corrected chi connectivity index (χ3v) is 6.65. The van der Waals surface area contributed by atoms with Crippen molar-refractivity contribution in [2.45, 2.75) is 51.2 Å². The second-order valence-electron chi connectivity index (χ2n) is 9.59. The summed E-state index contributed by atoms with van der Waals surface area (Å²) in [6, 6.07) is 12.6. The van der Waals surface area contributed by atoms with E-state index in [2.05, 4.69) is 60.1 Å². The zero-order chi connectivity index (χ0) is 26.9. The number of hydrogen-bond donors (Lipinski definition) is 3. The molecule has 1 heterocycles. The van der Waals surface area contributed by atoms with Crippen molar-refractivity contribution in [3.8, 4) is 17.2 Å².